The normalized spacial score (nSPS) is 13.3. The zero-order chi connectivity index (χ0) is 20.3. The standard InChI is InChI=1S/C22H22N2O4S/c1-24-13-14-27-22-12-11-20(15-21(22)24)29(25,26)23-18-7-9-19(10-8-18)28-16-17-5-3-2-4-6-17/h2-12,15,23H,13-14,16H2,1H3. The van der Waals surface area contributed by atoms with E-state index in [1.165, 1.54) is 0 Å². The van der Waals surface area contributed by atoms with Gasteiger partial charge in [-0.15, -0.1) is 0 Å². The third-order valence-electron chi connectivity index (χ3n) is 4.69. The Morgan fingerprint density at radius 2 is 1.79 bits per heavy atom. The topological polar surface area (TPSA) is 67.9 Å². The van der Waals surface area contributed by atoms with Crippen LogP contribution in [0.4, 0.5) is 11.4 Å². The predicted molar refractivity (Wildman–Crippen MR) is 113 cm³/mol. The summed E-state index contributed by atoms with van der Waals surface area (Å²) in [6.45, 7) is 1.76. The van der Waals surface area contributed by atoms with Gasteiger partial charge in [0.2, 0.25) is 0 Å². The lowest BCUT2D eigenvalue weighted by Gasteiger charge is -2.28. The van der Waals surface area contributed by atoms with E-state index in [1.54, 1.807) is 42.5 Å². The molecule has 0 bridgehead atoms. The highest BCUT2D eigenvalue weighted by Gasteiger charge is 2.20. The Morgan fingerprint density at radius 1 is 1.03 bits per heavy atom. The minimum atomic E-state index is -3.71. The van der Waals surface area contributed by atoms with Gasteiger partial charge in [0.15, 0.2) is 0 Å². The molecule has 1 aliphatic heterocycles. The first-order chi connectivity index (χ1) is 14.0. The first kappa shape index (κ1) is 19.1. The van der Waals surface area contributed by atoms with Crippen molar-refractivity contribution in [3.8, 4) is 11.5 Å². The molecule has 0 aromatic heterocycles. The maximum absolute atomic E-state index is 12.8. The van der Waals surface area contributed by atoms with Crippen LogP contribution in [0.1, 0.15) is 5.56 Å². The highest BCUT2D eigenvalue weighted by atomic mass is 32.2. The summed E-state index contributed by atoms with van der Waals surface area (Å²) in [6.07, 6.45) is 0. The lowest BCUT2D eigenvalue weighted by atomic mass is 10.2. The van der Waals surface area contributed by atoms with Crippen molar-refractivity contribution in [1.82, 2.24) is 0 Å². The summed E-state index contributed by atoms with van der Waals surface area (Å²) in [4.78, 5) is 2.18. The van der Waals surface area contributed by atoms with Gasteiger partial charge < -0.3 is 14.4 Å². The molecule has 150 valence electrons. The molecule has 0 saturated carbocycles. The second-order valence-corrected chi connectivity index (χ2v) is 8.49. The third-order valence-corrected chi connectivity index (χ3v) is 6.07. The van der Waals surface area contributed by atoms with Crippen LogP contribution in [-0.2, 0) is 16.6 Å². The molecule has 0 unspecified atom stereocenters. The van der Waals surface area contributed by atoms with Gasteiger partial charge in [-0.1, -0.05) is 30.3 Å². The molecule has 0 fully saturated rings. The molecule has 0 aliphatic carbocycles. The van der Waals surface area contributed by atoms with E-state index < -0.39 is 10.0 Å². The summed E-state index contributed by atoms with van der Waals surface area (Å²) in [7, 11) is -1.80. The van der Waals surface area contributed by atoms with Crippen LogP contribution in [0, 0.1) is 0 Å². The fraction of sp³-hybridized carbons (Fsp3) is 0.182. The highest BCUT2D eigenvalue weighted by Crippen LogP contribution is 2.33. The van der Waals surface area contributed by atoms with Crippen molar-refractivity contribution >= 4 is 21.4 Å². The minimum Gasteiger partial charge on any atom is -0.490 e. The van der Waals surface area contributed by atoms with Gasteiger partial charge in [0.25, 0.3) is 10.0 Å². The predicted octanol–water partition coefficient (Wildman–Crippen LogP) is 3.90. The lowest BCUT2D eigenvalue weighted by molar-refractivity contribution is 0.306. The van der Waals surface area contributed by atoms with Crippen LogP contribution < -0.4 is 19.1 Å². The summed E-state index contributed by atoms with van der Waals surface area (Å²) in [6, 6.07) is 21.6. The number of likely N-dealkylation sites (N-methyl/N-ethyl adjacent to an activating group) is 1. The smallest absolute Gasteiger partial charge is 0.261 e. The SMILES string of the molecule is CN1CCOc2ccc(S(=O)(=O)Nc3ccc(OCc4ccccc4)cc3)cc21. The van der Waals surface area contributed by atoms with Gasteiger partial charge >= 0.3 is 0 Å². The molecule has 0 radical (unpaired) electrons. The Balaban J connectivity index is 1.45. The zero-order valence-electron chi connectivity index (χ0n) is 16.0. The lowest BCUT2D eigenvalue weighted by Crippen LogP contribution is -2.29. The van der Waals surface area contributed by atoms with E-state index in [1.807, 2.05) is 42.3 Å². The average Bonchev–Trinajstić information content (AvgIpc) is 2.74. The summed E-state index contributed by atoms with van der Waals surface area (Å²) in [5, 5.41) is 0. The van der Waals surface area contributed by atoms with E-state index in [9.17, 15) is 8.42 Å². The number of sulfonamides is 1. The van der Waals surface area contributed by atoms with Crippen LogP contribution in [0.5, 0.6) is 11.5 Å². The van der Waals surface area contributed by atoms with Gasteiger partial charge in [-0.05, 0) is 48.0 Å². The Hall–Kier alpha value is -3.19. The molecule has 0 amide bonds. The molecular weight excluding hydrogens is 388 g/mol. The van der Waals surface area contributed by atoms with Crippen molar-refractivity contribution in [2.75, 3.05) is 29.8 Å². The van der Waals surface area contributed by atoms with E-state index in [4.69, 9.17) is 9.47 Å². The Bertz CT molecular complexity index is 1080. The maximum atomic E-state index is 12.8. The molecule has 29 heavy (non-hydrogen) atoms. The van der Waals surface area contributed by atoms with Crippen molar-refractivity contribution in [3.63, 3.8) is 0 Å². The number of fused-ring (bicyclic) bond motifs is 1. The second-order valence-electron chi connectivity index (χ2n) is 6.80. The number of ether oxygens (including phenoxy) is 2. The van der Waals surface area contributed by atoms with Crippen molar-refractivity contribution in [2.24, 2.45) is 0 Å². The molecule has 0 spiro atoms. The van der Waals surface area contributed by atoms with Crippen molar-refractivity contribution in [1.29, 1.82) is 0 Å². The number of rotatable bonds is 6. The Kier molecular flexibility index (Phi) is 5.31. The van der Waals surface area contributed by atoms with E-state index in [0.717, 1.165) is 11.3 Å². The molecule has 1 N–H and O–H groups in total. The molecule has 0 saturated heterocycles. The minimum absolute atomic E-state index is 0.193. The average molecular weight is 410 g/mol. The highest BCUT2D eigenvalue weighted by molar-refractivity contribution is 7.92. The number of hydrogen-bond acceptors (Lipinski definition) is 5. The molecule has 0 atom stereocenters. The van der Waals surface area contributed by atoms with Gasteiger partial charge in [0, 0.05) is 12.7 Å². The largest absolute Gasteiger partial charge is 0.490 e. The van der Waals surface area contributed by atoms with Crippen LogP contribution in [-0.4, -0.2) is 28.6 Å². The number of nitrogens with zero attached hydrogens (tertiary/aromatic N) is 1. The van der Waals surface area contributed by atoms with Gasteiger partial charge in [-0.25, -0.2) is 8.42 Å². The van der Waals surface area contributed by atoms with E-state index in [0.29, 0.717) is 36.9 Å². The second kappa shape index (κ2) is 8.05. The fourth-order valence-electron chi connectivity index (χ4n) is 3.07. The molecule has 4 rings (SSSR count). The van der Waals surface area contributed by atoms with E-state index in [2.05, 4.69) is 4.72 Å². The van der Waals surface area contributed by atoms with E-state index >= 15 is 0 Å². The molecule has 1 aliphatic rings. The fourth-order valence-corrected chi connectivity index (χ4v) is 4.15. The Labute approximate surface area is 170 Å². The Morgan fingerprint density at radius 3 is 2.55 bits per heavy atom. The zero-order valence-corrected chi connectivity index (χ0v) is 16.9. The summed E-state index contributed by atoms with van der Waals surface area (Å²) in [5.74, 6) is 1.36. The molecule has 3 aromatic carbocycles. The molecule has 6 nitrogen and oxygen atoms in total. The van der Waals surface area contributed by atoms with Gasteiger partial charge in [0.1, 0.15) is 24.7 Å². The van der Waals surface area contributed by atoms with Crippen LogP contribution in [0.3, 0.4) is 0 Å². The van der Waals surface area contributed by atoms with Gasteiger partial charge in [0.05, 0.1) is 17.1 Å². The monoisotopic (exact) mass is 410 g/mol. The third kappa shape index (κ3) is 4.46. The first-order valence-corrected chi connectivity index (χ1v) is 10.8. The number of anilines is 2. The number of hydrogen-bond donors (Lipinski definition) is 1. The van der Waals surface area contributed by atoms with Crippen LogP contribution in [0.15, 0.2) is 77.7 Å². The number of benzene rings is 3. The van der Waals surface area contributed by atoms with Crippen molar-refractivity contribution in [2.45, 2.75) is 11.5 Å². The molecule has 3 aromatic rings. The molecule has 7 heteroatoms. The summed E-state index contributed by atoms with van der Waals surface area (Å²) in [5.41, 5.74) is 2.31. The van der Waals surface area contributed by atoms with Crippen molar-refractivity contribution in [3.05, 3.63) is 78.4 Å². The molecule has 1 heterocycles. The van der Waals surface area contributed by atoms with Gasteiger partial charge in [-0.2, -0.15) is 0 Å². The number of nitrogens with one attached hydrogen (secondary N) is 1. The maximum Gasteiger partial charge on any atom is 0.261 e. The first-order valence-electron chi connectivity index (χ1n) is 9.29. The quantitative estimate of drug-likeness (QED) is 0.668. The van der Waals surface area contributed by atoms with E-state index in [-0.39, 0.29) is 4.90 Å². The van der Waals surface area contributed by atoms with Crippen LogP contribution in [0.25, 0.3) is 0 Å². The summed E-state index contributed by atoms with van der Waals surface area (Å²) < 4.78 is 39.5. The van der Waals surface area contributed by atoms with Crippen LogP contribution in [0.2, 0.25) is 0 Å². The molecular formula is C22H22N2O4S. The van der Waals surface area contributed by atoms with Crippen LogP contribution >= 0.6 is 0 Å². The summed E-state index contributed by atoms with van der Waals surface area (Å²) >= 11 is 0. The van der Waals surface area contributed by atoms with Gasteiger partial charge in [-0.3, -0.25) is 4.72 Å². The van der Waals surface area contributed by atoms with Crippen molar-refractivity contribution < 1.29 is 17.9 Å².